The number of carbonyl (C=O) groups excluding carboxylic acids is 1. The molecule has 5 nitrogen and oxygen atoms in total. The van der Waals surface area contributed by atoms with Crippen LogP contribution in [0.5, 0.6) is 0 Å². The predicted molar refractivity (Wildman–Crippen MR) is 90.2 cm³/mol. The van der Waals surface area contributed by atoms with E-state index in [4.69, 9.17) is 0 Å². The highest BCUT2D eigenvalue weighted by Gasteiger charge is 2.17. The molecule has 0 unspecified atom stereocenters. The first-order chi connectivity index (χ1) is 11.2. The van der Waals surface area contributed by atoms with E-state index in [0.717, 1.165) is 30.7 Å². The van der Waals surface area contributed by atoms with Gasteiger partial charge in [-0.05, 0) is 37.5 Å². The molecular weight excluding hydrogens is 290 g/mol. The van der Waals surface area contributed by atoms with Crippen LogP contribution in [0, 0.1) is 6.92 Å². The number of hydrogen-bond donors (Lipinski definition) is 2. The Labute approximate surface area is 137 Å². The summed E-state index contributed by atoms with van der Waals surface area (Å²) in [7, 11) is 0. The minimum absolute atomic E-state index is 0.0657. The molecule has 0 saturated heterocycles. The highest BCUT2D eigenvalue weighted by Crippen LogP contribution is 2.13. The van der Waals surface area contributed by atoms with Crippen molar-refractivity contribution in [2.45, 2.75) is 39.7 Å². The largest absolute Gasteiger partial charge is 0.395 e. The summed E-state index contributed by atoms with van der Waals surface area (Å²) in [6.45, 7) is 4.72. The van der Waals surface area contributed by atoms with Crippen LogP contribution in [0.4, 0.5) is 0 Å². The zero-order valence-electron chi connectivity index (χ0n) is 13.9. The second-order valence-corrected chi connectivity index (χ2v) is 5.73. The summed E-state index contributed by atoms with van der Waals surface area (Å²) in [4.78, 5) is 21.5. The van der Waals surface area contributed by atoms with Crippen molar-refractivity contribution in [3.63, 3.8) is 0 Å². The van der Waals surface area contributed by atoms with Crippen LogP contribution < -0.4 is 0 Å². The van der Waals surface area contributed by atoms with E-state index in [1.54, 1.807) is 11.2 Å². The van der Waals surface area contributed by atoms with Gasteiger partial charge in [-0.1, -0.05) is 25.5 Å². The molecule has 2 N–H and O–H groups in total. The smallest absolute Gasteiger partial charge is 0.254 e. The quantitative estimate of drug-likeness (QED) is 0.787. The third-order valence-electron chi connectivity index (χ3n) is 3.95. The van der Waals surface area contributed by atoms with Gasteiger partial charge >= 0.3 is 0 Å². The van der Waals surface area contributed by atoms with Crippen molar-refractivity contribution in [2.24, 2.45) is 0 Å². The van der Waals surface area contributed by atoms with Crippen molar-refractivity contribution in [3.8, 4) is 0 Å². The van der Waals surface area contributed by atoms with Crippen LogP contribution in [0.1, 0.15) is 47.1 Å². The first kappa shape index (κ1) is 17.2. The molecule has 5 heteroatoms. The zero-order chi connectivity index (χ0) is 16.7. The lowest BCUT2D eigenvalue weighted by molar-refractivity contribution is 0.0705. The molecule has 1 aromatic carbocycles. The Morgan fingerprint density at radius 1 is 1.30 bits per heavy atom. The van der Waals surface area contributed by atoms with Gasteiger partial charge in [-0.15, -0.1) is 0 Å². The average Bonchev–Trinajstić information content (AvgIpc) is 2.97. The molecule has 0 fully saturated rings. The van der Waals surface area contributed by atoms with Crippen LogP contribution in [-0.4, -0.2) is 39.0 Å². The van der Waals surface area contributed by atoms with Crippen LogP contribution in [0.3, 0.4) is 0 Å². The van der Waals surface area contributed by atoms with Crippen molar-refractivity contribution >= 4 is 5.91 Å². The second kappa shape index (κ2) is 8.48. The lowest BCUT2D eigenvalue weighted by atomic mass is 10.1. The van der Waals surface area contributed by atoms with E-state index in [1.807, 2.05) is 31.2 Å². The lowest BCUT2D eigenvalue weighted by Crippen LogP contribution is -2.33. The summed E-state index contributed by atoms with van der Waals surface area (Å²) in [6.07, 6.45) is 4.98. The number of benzene rings is 1. The fourth-order valence-corrected chi connectivity index (χ4v) is 2.48. The maximum Gasteiger partial charge on any atom is 0.254 e. The lowest BCUT2D eigenvalue weighted by Gasteiger charge is -2.21. The van der Waals surface area contributed by atoms with Crippen molar-refractivity contribution in [1.82, 2.24) is 14.9 Å². The zero-order valence-corrected chi connectivity index (χ0v) is 13.9. The van der Waals surface area contributed by atoms with E-state index in [2.05, 4.69) is 16.9 Å². The number of carbonyl (C=O) groups is 1. The molecular formula is C18H25N3O2. The molecule has 2 rings (SSSR count). The van der Waals surface area contributed by atoms with E-state index < -0.39 is 0 Å². The van der Waals surface area contributed by atoms with E-state index in [9.17, 15) is 9.90 Å². The molecule has 0 aliphatic carbocycles. The van der Waals surface area contributed by atoms with Gasteiger partial charge in [0, 0.05) is 17.8 Å². The number of imidazole rings is 1. The van der Waals surface area contributed by atoms with Gasteiger partial charge in [0.05, 0.1) is 25.2 Å². The normalized spacial score (nSPS) is 10.7. The van der Waals surface area contributed by atoms with Gasteiger partial charge in [-0.25, -0.2) is 4.98 Å². The van der Waals surface area contributed by atoms with E-state index in [0.29, 0.717) is 18.7 Å². The fourth-order valence-electron chi connectivity index (χ4n) is 2.48. The summed E-state index contributed by atoms with van der Waals surface area (Å²) in [5.74, 6) is -0.0801. The molecule has 1 heterocycles. The minimum atomic E-state index is -0.0801. The summed E-state index contributed by atoms with van der Waals surface area (Å²) in [5, 5.41) is 9.25. The summed E-state index contributed by atoms with van der Waals surface area (Å²) in [5.41, 5.74) is 3.66. The van der Waals surface area contributed by atoms with Crippen LogP contribution in [0.25, 0.3) is 0 Å². The number of amides is 1. The van der Waals surface area contributed by atoms with Crippen molar-refractivity contribution < 1.29 is 9.90 Å². The Morgan fingerprint density at radius 3 is 2.61 bits per heavy atom. The average molecular weight is 315 g/mol. The molecule has 0 bridgehead atoms. The maximum atomic E-state index is 12.7. The highest BCUT2D eigenvalue weighted by molar-refractivity contribution is 5.94. The molecule has 124 valence electrons. The first-order valence-electron chi connectivity index (χ1n) is 8.13. The van der Waals surface area contributed by atoms with Gasteiger partial charge in [-0.3, -0.25) is 4.79 Å². The Bertz CT molecular complexity index is 619. The van der Waals surface area contributed by atoms with Gasteiger partial charge in [0.15, 0.2) is 0 Å². The van der Waals surface area contributed by atoms with Crippen LogP contribution in [0.2, 0.25) is 0 Å². The molecule has 0 radical (unpaired) electrons. The van der Waals surface area contributed by atoms with Crippen molar-refractivity contribution in [1.29, 1.82) is 0 Å². The Morgan fingerprint density at radius 2 is 2.04 bits per heavy atom. The molecule has 0 aliphatic heterocycles. The number of aromatic nitrogens is 2. The molecule has 0 aliphatic rings. The molecule has 1 amide bonds. The topological polar surface area (TPSA) is 69.2 Å². The van der Waals surface area contributed by atoms with Crippen molar-refractivity contribution in [2.75, 3.05) is 13.2 Å². The van der Waals surface area contributed by atoms with Gasteiger partial charge in [0.2, 0.25) is 0 Å². The standard InChI is InChI=1S/C18H25N3O2/c1-3-4-5-15-6-8-16(9-7-15)18(23)21(10-11-22)12-17-14(2)19-13-20-17/h6-9,13,22H,3-5,10-12H2,1-2H3,(H,19,20). The van der Waals surface area contributed by atoms with Gasteiger partial charge < -0.3 is 15.0 Å². The first-order valence-corrected chi connectivity index (χ1v) is 8.13. The maximum absolute atomic E-state index is 12.7. The van der Waals surface area contributed by atoms with E-state index in [-0.39, 0.29) is 12.5 Å². The fraction of sp³-hybridized carbons (Fsp3) is 0.444. The molecule has 0 atom stereocenters. The van der Waals surface area contributed by atoms with E-state index >= 15 is 0 Å². The number of unbranched alkanes of at least 4 members (excludes halogenated alkanes) is 1. The summed E-state index contributed by atoms with van der Waals surface area (Å²) >= 11 is 0. The van der Waals surface area contributed by atoms with Crippen LogP contribution >= 0.6 is 0 Å². The third kappa shape index (κ3) is 4.66. The Balaban J connectivity index is 2.09. The number of H-pyrrole nitrogens is 1. The molecule has 23 heavy (non-hydrogen) atoms. The van der Waals surface area contributed by atoms with Crippen molar-refractivity contribution in [3.05, 3.63) is 53.1 Å². The SMILES string of the molecule is CCCCc1ccc(C(=O)N(CCO)Cc2nc[nH]c2C)cc1. The number of hydrogen-bond acceptors (Lipinski definition) is 3. The molecule has 0 saturated carbocycles. The Kier molecular flexibility index (Phi) is 6.35. The van der Waals surface area contributed by atoms with Gasteiger partial charge in [0.1, 0.15) is 0 Å². The minimum Gasteiger partial charge on any atom is -0.395 e. The van der Waals surface area contributed by atoms with Gasteiger partial charge in [0.25, 0.3) is 5.91 Å². The van der Waals surface area contributed by atoms with Crippen LogP contribution in [-0.2, 0) is 13.0 Å². The van der Waals surface area contributed by atoms with Crippen LogP contribution in [0.15, 0.2) is 30.6 Å². The highest BCUT2D eigenvalue weighted by atomic mass is 16.3. The number of aryl methyl sites for hydroxylation is 2. The predicted octanol–water partition coefficient (Wildman–Crippen LogP) is 2.70. The summed E-state index contributed by atoms with van der Waals surface area (Å²) < 4.78 is 0. The number of aliphatic hydroxyl groups is 1. The summed E-state index contributed by atoms with van der Waals surface area (Å²) in [6, 6.07) is 7.77. The molecule has 0 spiro atoms. The monoisotopic (exact) mass is 315 g/mol. The second-order valence-electron chi connectivity index (χ2n) is 5.73. The molecule has 2 aromatic rings. The number of nitrogens with one attached hydrogen (secondary N) is 1. The Hall–Kier alpha value is -2.14. The molecule has 1 aromatic heterocycles. The van der Waals surface area contributed by atoms with E-state index in [1.165, 1.54) is 5.56 Å². The number of rotatable bonds is 8. The number of aliphatic hydroxyl groups excluding tert-OH is 1. The third-order valence-corrected chi connectivity index (χ3v) is 3.95. The van der Waals surface area contributed by atoms with Gasteiger partial charge in [-0.2, -0.15) is 0 Å². The number of nitrogens with zero attached hydrogens (tertiary/aromatic N) is 2. The number of aromatic amines is 1.